The second-order valence-corrected chi connectivity index (χ2v) is 6.60. The minimum atomic E-state index is 0.497. The van der Waals surface area contributed by atoms with Crippen LogP contribution in [0.1, 0.15) is 26.3 Å². The third kappa shape index (κ3) is 3.92. The molecule has 0 bridgehead atoms. The molecule has 0 saturated carbocycles. The van der Waals surface area contributed by atoms with Crippen LogP contribution in [-0.4, -0.2) is 19.4 Å². The van der Waals surface area contributed by atoms with Gasteiger partial charge in [-0.25, -0.2) is 0 Å². The SMILES string of the molecule is CC(CI)Nc1ccncc1[C](=[W])C(C)C. The van der Waals surface area contributed by atoms with E-state index in [0.29, 0.717) is 12.0 Å². The van der Waals surface area contributed by atoms with Crippen molar-refractivity contribution in [1.82, 2.24) is 4.98 Å². The molecule has 1 rings (SSSR count). The fourth-order valence-corrected chi connectivity index (χ4v) is 2.14. The molecule has 0 fully saturated rings. The van der Waals surface area contributed by atoms with Gasteiger partial charge in [-0.2, -0.15) is 0 Å². The van der Waals surface area contributed by atoms with E-state index >= 15 is 0 Å². The molecule has 1 N–H and O–H groups in total. The summed E-state index contributed by atoms with van der Waals surface area (Å²) in [6.45, 7) is 6.68. The zero-order valence-electron chi connectivity index (χ0n) is 9.83. The predicted octanol–water partition coefficient (Wildman–Crippen LogP) is 3.04. The van der Waals surface area contributed by atoms with Crippen LogP contribution >= 0.6 is 22.6 Å². The van der Waals surface area contributed by atoms with Crippen LogP contribution in [0.2, 0.25) is 0 Å². The van der Waals surface area contributed by atoms with E-state index in [1.807, 2.05) is 12.4 Å². The zero-order valence-corrected chi connectivity index (χ0v) is 14.9. The maximum atomic E-state index is 4.23. The molecule has 0 spiro atoms. The molecule has 0 aliphatic carbocycles. The molecule has 0 radical (unpaired) electrons. The number of halogens is 1. The first-order chi connectivity index (χ1) is 7.56. The molecular formula is C12H17IN2W. The van der Waals surface area contributed by atoms with E-state index in [4.69, 9.17) is 0 Å². The van der Waals surface area contributed by atoms with Crippen LogP contribution in [0.25, 0.3) is 0 Å². The fraction of sp³-hybridized carbons (Fsp3) is 0.500. The van der Waals surface area contributed by atoms with Crippen LogP contribution in [0.4, 0.5) is 5.69 Å². The molecule has 1 aromatic heterocycles. The topological polar surface area (TPSA) is 24.9 Å². The Labute approximate surface area is 122 Å². The Morgan fingerprint density at radius 3 is 2.75 bits per heavy atom. The second-order valence-electron chi connectivity index (χ2n) is 4.14. The average Bonchev–Trinajstić information content (AvgIpc) is 2.28. The molecule has 1 unspecified atom stereocenters. The molecule has 1 heterocycles. The number of rotatable bonds is 5. The fourth-order valence-electron chi connectivity index (χ4n) is 1.33. The van der Waals surface area contributed by atoms with Crippen LogP contribution in [0.15, 0.2) is 18.5 Å². The number of aromatic nitrogens is 1. The summed E-state index contributed by atoms with van der Waals surface area (Å²) < 4.78 is 2.57. The van der Waals surface area contributed by atoms with Gasteiger partial charge in [0.1, 0.15) is 0 Å². The van der Waals surface area contributed by atoms with Crippen LogP contribution < -0.4 is 5.32 Å². The Balaban J connectivity index is 2.96. The van der Waals surface area contributed by atoms with Gasteiger partial charge in [0.2, 0.25) is 0 Å². The molecule has 0 aromatic carbocycles. The molecule has 0 aliphatic heterocycles. The summed E-state index contributed by atoms with van der Waals surface area (Å²) in [6.07, 6.45) is 3.83. The van der Waals surface area contributed by atoms with Gasteiger partial charge in [-0.1, -0.05) is 0 Å². The van der Waals surface area contributed by atoms with Gasteiger partial charge in [-0.3, -0.25) is 0 Å². The van der Waals surface area contributed by atoms with Crippen molar-refractivity contribution in [3.05, 3.63) is 24.0 Å². The van der Waals surface area contributed by atoms with Crippen molar-refractivity contribution in [3.8, 4) is 0 Å². The Bertz CT molecular complexity index is 366. The molecule has 88 valence electrons. The third-order valence-corrected chi connectivity index (χ3v) is 6.05. The van der Waals surface area contributed by atoms with Crippen LogP contribution in [-0.2, 0) is 19.4 Å². The Morgan fingerprint density at radius 2 is 2.19 bits per heavy atom. The van der Waals surface area contributed by atoms with Gasteiger partial charge in [0.15, 0.2) is 0 Å². The van der Waals surface area contributed by atoms with Gasteiger partial charge in [0.05, 0.1) is 0 Å². The number of nitrogens with zero attached hydrogens (tertiary/aromatic N) is 1. The molecule has 16 heavy (non-hydrogen) atoms. The van der Waals surface area contributed by atoms with Crippen molar-refractivity contribution in [2.45, 2.75) is 26.8 Å². The van der Waals surface area contributed by atoms with E-state index in [1.165, 1.54) is 34.5 Å². The summed E-state index contributed by atoms with van der Waals surface area (Å²) in [5.74, 6) is 0.592. The van der Waals surface area contributed by atoms with Gasteiger partial charge in [0.25, 0.3) is 0 Å². The third-order valence-electron chi connectivity index (χ3n) is 2.24. The van der Waals surface area contributed by atoms with Crippen molar-refractivity contribution in [1.29, 1.82) is 0 Å². The Kier molecular flexibility index (Phi) is 6.12. The summed E-state index contributed by atoms with van der Waals surface area (Å²) in [4.78, 5) is 4.23. The van der Waals surface area contributed by atoms with Crippen molar-refractivity contribution in [2.75, 3.05) is 9.74 Å². The van der Waals surface area contributed by atoms with E-state index in [1.54, 1.807) is 0 Å². The normalized spacial score (nSPS) is 12.6. The summed E-state index contributed by atoms with van der Waals surface area (Å²) in [7, 11) is 0. The van der Waals surface area contributed by atoms with E-state index in [-0.39, 0.29) is 0 Å². The number of pyridine rings is 1. The summed E-state index contributed by atoms with van der Waals surface area (Å²) in [5, 5.41) is 3.54. The standard InChI is InChI=1S/C12H17IN2.W/c1-9(2)6-11-8-14-5-4-12(11)15-10(3)7-13;/h4-5,8-10H,7H2,1-3H3,(H,14,15);. The predicted molar refractivity (Wildman–Crippen MR) is 75.2 cm³/mol. The first kappa shape index (κ1) is 14.3. The minimum absolute atomic E-state index is 0.497. The van der Waals surface area contributed by atoms with Gasteiger partial charge in [-0.05, 0) is 0 Å². The van der Waals surface area contributed by atoms with Gasteiger partial charge in [0, 0.05) is 0 Å². The molecule has 0 saturated heterocycles. The van der Waals surface area contributed by atoms with Crippen LogP contribution in [0.3, 0.4) is 0 Å². The Hall–Kier alpha value is 0.238. The van der Waals surface area contributed by atoms with Crippen molar-refractivity contribution >= 4 is 32.2 Å². The van der Waals surface area contributed by atoms with Crippen LogP contribution in [0, 0.1) is 5.92 Å². The quantitative estimate of drug-likeness (QED) is 0.497. The van der Waals surface area contributed by atoms with Gasteiger partial charge >= 0.3 is 123 Å². The molecule has 0 aliphatic rings. The summed E-state index contributed by atoms with van der Waals surface area (Å²) in [6, 6.07) is 2.57. The molecule has 0 amide bonds. The first-order valence-electron chi connectivity index (χ1n) is 5.37. The van der Waals surface area contributed by atoms with E-state index in [2.05, 4.69) is 59.7 Å². The molecule has 4 heteroatoms. The van der Waals surface area contributed by atoms with Gasteiger partial charge < -0.3 is 0 Å². The van der Waals surface area contributed by atoms with E-state index < -0.39 is 0 Å². The van der Waals surface area contributed by atoms with E-state index in [9.17, 15) is 0 Å². The number of alkyl halides is 1. The van der Waals surface area contributed by atoms with Crippen molar-refractivity contribution < 1.29 is 19.4 Å². The van der Waals surface area contributed by atoms with Crippen molar-refractivity contribution in [2.24, 2.45) is 5.92 Å². The second kappa shape index (κ2) is 6.85. The number of hydrogen-bond donors (Lipinski definition) is 1. The van der Waals surface area contributed by atoms with Crippen LogP contribution in [0.5, 0.6) is 0 Å². The maximum absolute atomic E-state index is 4.23. The Morgan fingerprint density at radius 1 is 1.50 bits per heavy atom. The monoisotopic (exact) mass is 500 g/mol. The number of nitrogens with one attached hydrogen (secondary N) is 1. The zero-order chi connectivity index (χ0) is 12.1. The molecule has 2 nitrogen and oxygen atoms in total. The number of anilines is 1. The first-order valence-corrected chi connectivity index (χ1v) is 8.36. The number of hydrogen-bond acceptors (Lipinski definition) is 2. The molecule has 1 aromatic rings. The summed E-state index contributed by atoms with van der Waals surface area (Å²) in [5.41, 5.74) is 2.50. The molecular weight excluding hydrogens is 483 g/mol. The molecule has 1 atom stereocenters. The summed E-state index contributed by atoms with van der Waals surface area (Å²) >= 11 is 3.93. The van der Waals surface area contributed by atoms with E-state index in [0.717, 1.165) is 4.43 Å². The van der Waals surface area contributed by atoms with Crippen molar-refractivity contribution in [3.63, 3.8) is 0 Å². The van der Waals surface area contributed by atoms with Gasteiger partial charge in [-0.15, -0.1) is 0 Å². The average molecular weight is 500 g/mol.